The second-order valence-electron chi connectivity index (χ2n) is 4.71. The molecule has 0 saturated carbocycles. The Morgan fingerprint density at radius 3 is 2.89 bits per heavy atom. The Bertz CT molecular complexity index is 716. The van der Waals surface area contributed by atoms with Crippen LogP contribution in [0.2, 0.25) is 0 Å². The molecule has 3 heteroatoms. The average Bonchev–Trinajstić information content (AvgIpc) is 2.82. The highest BCUT2D eigenvalue weighted by atomic mass is 16.5. The number of rotatable bonds is 3. The lowest BCUT2D eigenvalue weighted by atomic mass is 10.2. The lowest BCUT2D eigenvalue weighted by Crippen LogP contribution is -1.98. The SMILES string of the molecule is COc1cccc2c1ccn2Cc1cncc(C)c1. The van der Waals surface area contributed by atoms with Gasteiger partial charge >= 0.3 is 0 Å². The summed E-state index contributed by atoms with van der Waals surface area (Å²) in [5.41, 5.74) is 3.58. The molecule has 3 aromatic rings. The zero-order valence-electron chi connectivity index (χ0n) is 11.1. The van der Waals surface area contributed by atoms with Crippen LogP contribution < -0.4 is 4.74 Å². The summed E-state index contributed by atoms with van der Waals surface area (Å²) in [6, 6.07) is 10.4. The van der Waals surface area contributed by atoms with Gasteiger partial charge < -0.3 is 9.30 Å². The van der Waals surface area contributed by atoms with Gasteiger partial charge in [0.2, 0.25) is 0 Å². The fourth-order valence-corrected chi connectivity index (χ4v) is 2.41. The van der Waals surface area contributed by atoms with E-state index < -0.39 is 0 Å². The van der Waals surface area contributed by atoms with E-state index >= 15 is 0 Å². The lowest BCUT2D eigenvalue weighted by Gasteiger charge is -2.07. The number of aryl methyl sites for hydroxylation is 1. The molecule has 0 saturated heterocycles. The Balaban J connectivity index is 2.02. The van der Waals surface area contributed by atoms with Gasteiger partial charge in [-0.3, -0.25) is 4.98 Å². The molecule has 0 bridgehead atoms. The lowest BCUT2D eigenvalue weighted by molar-refractivity contribution is 0.420. The molecule has 0 amide bonds. The number of ether oxygens (including phenoxy) is 1. The van der Waals surface area contributed by atoms with Crippen molar-refractivity contribution in [1.82, 2.24) is 9.55 Å². The van der Waals surface area contributed by atoms with E-state index in [1.807, 2.05) is 24.5 Å². The Hall–Kier alpha value is -2.29. The van der Waals surface area contributed by atoms with E-state index in [4.69, 9.17) is 4.74 Å². The van der Waals surface area contributed by atoms with Gasteiger partial charge in [0.1, 0.15) is 5.75 Å². The number of benzene rings is 1. The number of aromatic nitrogens is 2. The summed E-state index contributed by atoms with van der Waals surface area (Å²) in [5, 5.41) is 1.14. The van der Waals surface area contributed by atoms with Crippen LogP contribution >= 0.6 is 0 Å². The van der Waals surface area contributed by atoms with Crippen molar-refractivity contribution in [1.29, 1.82) is 0 Å². The summed E-state index contributed by atoms with van der Waals surface area (Å²) in [6.07, 6.45) is 5.88. The second-order valence-corrected chi connectivity index (χ2v) is 4.71. The van der Waals surface area contributed by atoms with Crippen molar-refractivity contribution in [2.45, 2.75) is 13.5 Å². The van der Waals surface area contributed by atoms with Gasteiger partial charge in [0.25, 0.3) is 0 Å². The molecule has 0 N–H and O–H groups in total. The fraction of sp³-hybridized carbons (Fsp3) is 0.188. The normalized spacial score (nSPS) is 10.8. The molecule has 0 fully saturated rings. The maximum absolute atomic E-state index is 5.38. The van der Waals surface area contributed by atoms with Crippen LogP contribution in [-0.2, 0) is 6.54 Å². The van der Waals surface area contributed by atoms with Gasteiger partial charge in [-0.1, -0.05) is 12.1 Å². The van der Waals surface area contributed by atoms with Crippen LogP contribution in [-0.4, -0.2) is 16.7 Å². The number of methoxy groups -OCH3 is 1. The quantitative estimate of drug-likeness (QED) is 0.714. The zero-order valence-corrected chi connectivity index (χ0v) is 11.1. The Kier molecular flexibility index (Phi) is 2.95. The smallest absolute Gasteiger partial charge is 0.128 e. The van der Waals surface area contributed by atoms with Crippen molar-refractivity contribution in [3.8, 4) is 5.75 Å². The van der Waals surface area contributed by atoms with E-state index in [0.717, 1.165) is 17.7 Å². The highest BCUT2D eigenvalue weighted by Gasteiger charge is 2.06. The molecule has 0 aliphatic carbocycles. The average molecular weight is 252 g/mol. The van der Waals surface area contributed by atoms with Gasteiger partial charge in [-0.15, -0.1) is 0 Å². The third kappa shape index (κ3) is 2.19. The minimum atomic E-state index is 0.825. The summed E-state index contributed by atoms with van der Waals surface area (Å²) in [7, 11) is 1.70. The topological polar surface area (TPSA) is 27.1 Å². The van der Waals surface area contributed by atoms with Crippen LogP contribution in [0.4, 0.5) is 0 Å². The van der Waals surface area contributed by atoms with Crippen LogP contribution in [0, 0.1) is 6.92 Å². The molecule has 0 unspecified atom stereocenters. The minimum absolute atomic E-state index is 0.825. The van der Waals surface area contributed by atoms with E-state index in [0.29, 0.717) is 0 Å². The predicted molar refractivity (Wildman–Crippen MR) is 76.6 cm³/mol. The Morgan fingerprint density at radius 2 is 2.11 bits per heavy atom. The molecule has 3 nitrogen and oxygen atoms in total. The monoisotopic (exact) mass is 252 g/mol. The predicted octanol–water partition coefficient (Wildman–Crippen LogP) is 3.40. The van der Waals surface area contributed by atoms with E-state index in [9.17, 15) is 0 Å². The van der Waals surface area contributed by atoms with Crippen molar-refractivity contribution < 1.29 is 4.74 Å². The summed E-state index contributed by atoms with van der Waals surface area (Å²) in [4.78, 5) is 4.24. The first-order valence-corrected chi connectivity index (χ1v) is 6.30. The maximum atomic E-state index is 5.38. The summed E-state index contributed by atoms with van der Waals surface area (Å²) >= 11 is 0. The highest BCUT2D eigenvalue weighted by molar-refractivity contribution is 5.86. The van der Waals surface area contributed by atoms with E-state index in [2.05, 4.69) is 40.9 Å². The van der Waals surface area contributed by atoms with Gasteiger partial charge in [-0.2, -0.15) is 0 Å². The summed E-state index contributed by atoms with van der Waals surface area (Å²) in [5.74, 6) is 0.915. The molecule has 3 rings (SSSR count). The van der Waals surface area contributed by atoms with Crippen molar-refractivity contribution in [3.05, 3.63) is 60.0 Å². The molecule has 96 valence electrons. The summed E-state index contributed by atoms with van der Waals surface area (Å²) < 4.78 is 7.60. The molecular weight excluding hydrogens is 236 g/mol. The Morgan fingerprint density at radius 1 is 1.21 bits per heavy atom. The van der Waals surface area contributed by atoms with Gasteiger partial charge in [0, 0.05) is 30.5 Å². The zero-order chi connectivity index (χ0) is 13.2. The molecule has 2 aromatic heterocycles. The molecule has 0 spiro atoms. The molecule has 1 aromatic carbocycles. The van der Waals surface area contributed by atoms with Gasteiger partial charge in [0.05, 0.1) is 12.6 Å². The first-order chi connectivity index (χ1) is 9.28. The molecular formula is C16H16N2O. The van der Waals surface area contributed by atoms with Crippen LogP contribution in [0.1, 0.15) is 11.1 Å². The van der Waals surface area contributed by atoms with Crippen molar-refractivity contribution >= 4 is 10.9 Å². The third-order valence-electron chi connectivity index (χ3n) is 3.28. The van der Waals surface area contributed by atoms with E-state index in [1.54, 1.807) is 7.11 Å². The van der Waals surface area contributed by atoms with Crippen molar-refractivity contribution in [2.75, 3.05) is 7.11 Å². The molecule has 0 atom stereocenters. The molecule has 19 heavy (non-hydrogen) atoms. The van der Waals surface area contributed by atoms with Crippen molar-refractivity contribution in [2.24, 2.45) is 0 Å². The first kappa shape index (κ1) is 11.8. The summed E-state index contributed by atoms with van der Waals surface area (Å²) in [6.45, 7) is 2.89. The number of nitrogens with zero attached hydrogens (tertiary/aromatic N) is 2. The fourth-order valence-electron chi connectivity index (χ4n) is 2.41. The number of fused-ring (bicyclic) bond motifs is 1. The van der Waals surface area contributed by atoms with Crippen LogP contribution in [0.15, 0.2) is 48.9 Å². The third-order valence-corrected chi connectivity index (χ3v) is 3.28. The van der Waals surface area contributed by atoms with E-state index in [-0.39, 0.29) is 0 Å². The highest BCUT2D eigenvalue weighted by Crippen LogP contribution is 2.26. The van der Waals surface area contributed by atoms with Crippen LogP contribution in [0.3, 0.4) is 0 Å². The van der Waals surface area contributed by atoms with Crippen LogP contribution in [0.5, 0.6) is 5.75 Å². The maximum Gasteiger partial charge on any atom is 0.128 e. The van der Waals surface area contributed by atoms with Crippen molar-refractivity contribution in [3.63, 3.8) is 0 Å². The molecule has 0 aliphatic rings. The Labute approximate surface area is 112 Å². The van der Waals surface area contributed by atoms with Gasteiger partial charge in [-0.25, -0.2) is 0 Å². The number of hydrogen-bond donors (Lipinski definition) is 0. The molecule has 0 aliphatic heterocycles. The molecule has 2 heterocycles. The second kappa shape index (κ2) is 4.76. The van der Waals surface area contributed by atoms with Gasteiger partial charge in [-0.05, 0) is 36.2 Å². The molecule has 0 radical (unpaired) electrons. The number of hydrogen-bond acceptors (Lipinski definition) is 2. The minimum Gasteiger partial charge on any atom is -0.496 e. The largest absolute Gasteiger partial charge is 0.496 e. The van der Waals surface area contributed by atoms with Gasteiger partial charge in [0.15, 0.2) is 0 Å². The number of pyridine rings is 1. The standard InChI is InChI=1S/C16H16N2O/c1-12-8-13(10-17-9-12)11-18-7-6-14-15(18)4-3-5-16(14)19-2/h3-10H,11H2,1-2H3. The first-order valence-electron chi connectivity index (χ1n) is 6.30. The van der Waals surface area contributed by atoms with E-state index in [1.165, 1.54) is 16.6 Å². The van der Waals surface area contributed by atoms with Crippen LogP contribution in [0.25, 0.3) is 10.9 Å².